The molecule has 0 bridgehead atoms. The molecule has 1 amide bonds. The van der Waals surface area contributed by atoms with Crippen LogP contribution in [0.3, 0.4) is 0 Å². The van der Waals surface area contributed by atoms with Gasteiger partial charge in [-0.15, -0.1) is 0 Å². The van der Waals surface area contributed by atoms with Gasteiger partial charge >= 0.3 is 0 Å². The molecule has 2 aromatic carbocycles. The summed E-state index contributed by atoms with van der Waals surface area (Å²) < 4.78 is 27.0. The van der Waals surface area contributed by atoms with Crippen molar-refractivity contribution >= 4 is 27.5 Å². The maximum absolute atomic E-state index is 12.8. The molecule has 3 rings (SSSR count). The van der Waals surface area contributed by atoms with E-state index in [-0.39, 0.29) is 23.6 Å². The third-order valence-electron chi connectivity index (χ3n) is 5.77. The highest BCUT2D eigenvalue weighted by Crippen LogP contribution is 2.25. The van der Waals surface area contributed by atoms with E-state index in [0.29, 0.717) is 36.5 Å². The summed E-state index contributed by atoms with van der Waals surface area (Å²) in [6.45, 7) is 6.77. The minimum absolute atomic E-state index is 0.00782. The third kappa shape index (κ3) is 5.42. The molecule has 5 nitrogen and oxygen atoms in total. The number of nitrogens with zero attached hydrogens (tertiary/aromatic N) is 1. The lowest BCUT2D eigenvalue weighted by molar-refractivity contribution is -0.126. The molecule has 0 aliphatic carbocycles. The first-order chi connectivity index (χ1) is 14.2. The van der Waals surface area contributed by atoms with E-state index in [0.717, 1.165) is 16.7 Å². The summed E-state index contributed by atoms with van der Waals surface area (Å²) in [6, 6.07) is 13.1. The normalized spacial score (nSPS) is 16.9. The number of carbonyl (C=O) groups is 1. The highest BCUT2D eigenvalue weighted by molar-refractivity contribution is 7.88. The van der Waals surface area contributed by atoms with Gasteiger partial charge in [-0.2, -0.15) is 0 Å². The van der Waals surface area contributed by atoms with Crippen molar-refractivity contribution in [2.24, 2.45) is 5.92 Å². The van der Waals surface area contributed by atoms with Crippen LogP contribution in [-0.4, -0.2) is 31.7 Å². The van der Waals surface area contributed by atoms with Crippen molar-refractivity contribution in [2.45, 2.75) is 45.4 Å². The smallest absolute Gasteiger partial charge is 0.223 e. The van der Waals surface area contributed by atoms with Gasteiger partial charge in [0, 0.05) is 24.0 Å². The molecular formula is C23H29ClN2O3S. The molecule has 1 saturated heterocycles. The largest absolute Gasteiger partial charge is 0.349 e. The van der Waals surface area contributed by atoms with Crippen LogP contribution in [0.25, 0.3) is 0 Å². The lowest BCUT2D eigenvalue weighted by Gasteiger charge is -2.31. The fraction of sp³-hybridized carbons (Fsp3) is 0.435. The summed E-state index contributed by atoms with van der Waals surface area (Å²) in [6.07, 6.45) is 1.04. The van der Waals surface area contributed by atoms with Gasteiger partial charge in [0.1, 0.15) is 0 Å². The summed E-state index contributed by atoms with van der Waals surface area (Å²) in [7, 11) is -3.47. The van der Waals surface area contributed by atoms with Crippen LogP contribution in [0.1, 0.15) is 48.1 Å². The number of piperidine rings is 1. The van der Waals surface area contributed by atoms with E-state index >= 15 is 0 Å². The maximum Gasteiger partial charge on any atom is 0.223 e. The summed E-state index contributed by atoms with van der Waals surface area (Å²) >= 11 is 6.12. The molecular weight excluding hydrogens is 420 g/mol. The minimum atomic E-state index is -3.47. The molecule has 1 fully saturated rings. The molecule has 0 saturated carbocycles. The number of amides is 1. The molecule has 30 heavy (non-hydrogen) atoms. The standard InChI is InChI=1S/C23H29ClN2O3S/c1-16-8-9-17(2)21(14-16)18(3)25-23(27)19-10-12-26(13-11-19)30(28,29)15-20-6-4-5-7-22(20)24/h4-9,14,18-19H,10-13,15H2,1-3H3,(H,25,27)/t18-/m1/s1. The number of aryl methyl sites for hydroxylation is 2. The summed E-state index contributed by atoms with van der Waals surface area (Å²) in [5, 5.41) is 3.56. The maximum atomic E-state index is 12.8. The van der Waals surface area contributed by atoms with Gasteiger partial charge in [0.2, 0.25) is 15.9 Å². The Labute approximate surface area is 184 Å². The summed E-state index contributed by atoms with van der Waals surface area (Å²) in [5.41, 5.74) is 4.02. The Hall–Kier alpha value is -1.89. The second-order valence-electron chi connectivity index (χ2n) is 8.11. The third-order valence-corrected chi connectivity index (χ3v) is 7.97. The Morgan fingerprint density at radius 2 is 1.83 bits per heavy atom. The van der Waals surface area contributed by atoms with E-state index in [9.17, 15) is 13.2 Å². The minimum Gasteiger partial charge on any atom is -0.349 e. The van der Waals surface area contributed by atoms with E-state index in [1.54, 1.807) is 24.3 Å². The number of halogens is 1. The van der Waals surface area contributed by atoms with Gasteiger partial charge < -0.3 is 5.32 Å². The Morgan fingerprint density at radius 3 is 2.50 bits per heavy atom. The molecule has 0 aromatic heterocycles. The van der Waals surface area contributed by atoms with Crippen molar-refractivity contribution in [3.63, 3.8) is 0 Å². The monoisotopic (exact) mass is 448 g/mol. The van der Waals surface area contributed by atoms with Crippen LogP contribution in [-0.2, 0) is 20.6 Å². The van der Waals surface area contributed by atoms with Gasteiger partial charge in [-0.25, -0.2) is 12.7 Å². The molecule has 1 heterocycles. The van der Waals surface area contributed by atoms with Crippen LogP contribution in [0.2, 0.25) is 5.02 Å². The van der Waals surface area contributed by atoms with Crippen molar-refractivity contribution in [3.8, 4) is 0 Å². The molecule has 1 aliphatic rings. The van der Waals surface area contributed by atoms with Gasteiger partial charge in [-0.05, 0) is 56.4 Å². The van der Waals surface area contributed by atoms with E-state index in [4.69, 9.17) is 11.6 Å². The second-order valence-corrected chi connectivity index (χ2v) is 10.5. The van der Waals surface area contributed by atoms with Gasteiger partial charge in [0.15, 0.2) is 0 Å². The summed E-state index contributed by atoms with van der Waals surface area (Å²) in [5.74, 6) is -0.302. The zero-order valence-corrected chi connectivity index (χ0v) is 19.3. The number of nitrogens with one attached hydrogen (secondary N) is 1. The molecule has 0 unspecified atom stereocenters. The number of carbonyl (C=O) groups excluding carboxylic acids is 1. The van der Waals surface area contributed by atoms with Crippen LogP contribution in [0.4, 0.5) is 0 Å². The van der Waals surface area contributed by atoms with Crippen LogP contribution < -0.4 is 5.32 Å². The first-order valence-corrected chi connectivity index (χ1v) is 12.2. The van der Waals surface area contributed by atoms with Crippen LogP contribution in [0.15, 0.2) is 42.5 Å². The molecule has 2 aromatic rings. The molecule has 1 atom stereocenters. The van der Waals surface area contributed by atoms with Crippen molar-refractivity contribution in [1.82, 2.24) is 9.62 Å². The Kier molecular flexibility index (Phi) is 7.22. The first kappa shape index (κ1) is 22.8. The van der Waals surface area contributed by atoms with Crippen molar-refractivity contribution in [2.75, 3.05) is 13.1 Å². The van der Waals surface area contributed by atoms with E-state index in [1.807, 2.05) is 20.8 Å². The predicted molar refractivity (Wildman–Crippen MR) is 121 cm³/mol. The van der Waals surface area contributed by atoms with Gasteiger partial charge in [0.05, 0.1) is 11.8 Å². The molecule has 1 N–H and O–H groups in total. The van der Waals surface area contributed by atoms with Crippen LogP contribution in [0.5, 0.6) is 0 Å². The van der Waals surface area contributed by atoms with Crippen molar-refractivity contribution in [1.29, 1.82) is 0 Å². The summed E-state index contributed by atoms with van der Waals surface area (Å²) in [4.78, 5) is 12.8. The topological polar surface area (TPSA) is 66.5 Å². The van der Waals surface area contributed by atoms with E-state index < -0.39 is 10.0 Å². The number of benzene rings is 2. The molecule has 162 valence electrons. The fourth-order valence-corrected chi connectivity index (χ4v) is 5.81. The Balaban J connectivity index is 1.57. The average Bonchev–Trinajstić information content (AvgIpc) is 2.71. The van der Waals surface area contributed by atoms with Crippen LogP contribution >= 0.6 is 11.6 Å². The van der Waals surface area contributed by atoms with E-state index in [2.05, 4.69) is 23.5 Å². The zero-order chi connectivity index (χ0) is 21.9. The Bertz CT molecular complexity index is 1010. The number of rotatable bonds is 6. The highest BCUT2D eigenvalue weighted by atomic mass is 35.5. The van der Waals surface area contributed by atoms with Crippen molar-refractivity contribution < 1.29 is 13.2 Å². The van der Waals surface area contributed by atoms with Gasteiger partial charge in [-0.1, -0.05) is 53.6 Å². The molecule has 0 spiro atoms. The van der Waals surface area contributed by atoms with E-state index in [1.165, 1.54) is 4.31 Å². The SMILES string of the molecule is Cc1ccc(C)c([C@@H](C)NC(=O)C2CCN(S(=O)(=O)Cc3ccccc3Cl)CC2)c1. The predicted octanol–water partition coefficient (Wildman–Crippen LogP) is 4.38. The average molecular weight is 449 g/mol. The first-order valence-electron chi connectivity index (χ1n) is 10.3. The second kappa shape index (κ2) is 9.50. The Morgan fingerprint density at radius 1 is 1.17 bits per heavy atom. The quantitative estimate of drug-likeness (QED) is 0.713. The lowest BCUT2D eigenvalue weighted by Crippen LogP contribution is -2.43. The molecule has 7 heteroatoms. The van der Waals surface area contributed by atoms with Crippen LogP contribution in [0, 0.1) is 19.8 Å². The fourth-order valence-electron chi connectivity index (χ4n) is 3.93. The van der Waals surface area contributed by atoms with Gasteiger partial charge in [0.25, 0.3) is 0 Å². The lowest BCUT2D eigenvalue weighted by atomic mass is 9.95. The number of sulfonamides is 1. The molecule has 0 radical (unpaired) electrons. The number of hydrogen-bond acceptors (Lipinski definition) is 3. The zero-order valence-electron chi connectivity index (χ0n) is 17.7. The number of hydrogen-bond donors (Lipinski definition) is 1. The highest BCUT2D eigenvalue weighted by Gasteiger charge is 2.32. The van der Waals surface area contributed by atoms with Crippen molar-refractivity contribution in [3.05, 3.63) is 69.7 Å². The molecule has 1 aliphatic heterocycles. The van der Waals surface area contributed by atoms with Gasteiger partial charge in [-0.3, -0.25) is 4.79 Å².